The van der Waals surface area contributed by atoms with E-state index in [4.69, 9.17) is 0 Å². The van der Waals surface area contributed by atoms with Crippen molar-refractivity contribution in [2.45, 2.75) is 19.8 Å². The molecule has 0 amide bonds. The summed E-state index contributed by atoms with van der Waals surface area (Å²) in [5.41, 5.74) is 0.894. The minimum absolute atomic E-state index is 0.425. The normalized spacial score (nSPS) is 10.4. The van der Waals surface area contributed by atoms with Crippen molar-refractivity contribution < 1.29 is 4.52 Å². The van der Waals surface area contributed by atoms with Crippen LogP contribution < -0.4 is 0 Å². The van der Waals surface area contributed by atoms with Crippen LogP contribution in [-0.2, 0) is 0 Å². The molecule has 1 heterocycles. The summed E-state index contributed by atoms with van der Waals surface area (Å²) in [6.45, 7) is 4.10. The Morgan fingerprint density at radius 2 is 2.50 bits per heavy atom. The smallest absolute Gasteiger partial charge is 0.132 e. The Hall–Kier alpha value is -0.790. The van der Waals surface area contributed by atoms with E-state index >= 15 is 0 Å². The summed E-state index contributed by atoms with van der Waals surface area (Å²) in [5.74, 6) is 0.425. The lowest BCUT2D eigenvalue weighted by Gasteiger charge is -1.92. The third-order valence-corrected chi connectivity index (χ3v) is 0.957. The van der Waals surface area contributed by atoms with Gasteiger partial charge in [0.2, 0.25) is 0 Å². The average molecular weight is 110 g/mol. The molecule has 0 spiro atoms. The quantitative estimate of drug-likeness (QED) is 0.548. The van der Waals surface area contributed by atoms with E-state index in [1.54, 1.807) is 0 Å². The Kier molecular flexibility index (Phi) is 1.33. The third-order valence-electron chi connectivity index (χ3n) is 0.957. The molecule has 1 radical (unpaired) electrons. The zero-order valence-electron chi connectivity index (χ0n) is 5.01. The van der Waals surface area contributed by atoms with Crippen LogP contribution in [0.3, 0.4) is 0 Å². The van der Waals surface area contributed by atoms with Crippen molar-refractivity contribution in [3.63, 3.8) is 0 Å². The third kappa shape index (κ3) is 0.886. The van der Waals surface area contributed by atoms with Gasteiger partial charge in [-0.15, -0.1) is 0 Å². The summed E-state index contributed by atoms with van der Waals surface area (Å²) in [4.78, 5) is 0. The summed E-state index contributed by atoms with van der Waals surface area (Å²) in [6.07, 6.45) is 1.47. The summed E-state index contributed by atoms with van der Waals surface area (Å²) < 4.78 is 4.57. The molecule has 0 fully saturated rings. The van der Waals surface area contributed by atoms with Gasteiger partial charge < -0.3 is 4.52 Å². The van der Waals surface area contributed by atoms with Crippen LogP contribution in [0.1, 0.15) is 25.5 Å². The van der Waals surface area contributed by atoms with Crippen molar-refractivity contribution in [1.82, 2.24) is 5.16 Å². The Labute approximate surface area is 48.5 Å². The molecular formula is C6H8NO. The van der Waals surface area contributed by atoms with Gasteiger partial charge in [-0.3, -0.25) is 0 Å². The predicted octanol–water partition coefficient (Wildman–Crippen LogP) is 1.60. The first kappa shape index (κ1) is 5.35. The van der Waals surface area contributed by atoms with Crippen molar-refractivity contribution in [3.8, 4) is 0 Å². The maximum atomic E-state index is 4.57. The monoisotopic (exact) mass is 110 g/mol. The zero-order chi connectivity index (χ0) is 5.98. The topological polar surface area (TPSA) is 26.0 Å². The molecule has 43 valence electrons. The fraction of sp³-hybridized carbons (Fsp3) is 0.500. The van der Waals surface area contributed by atoms with Gasteiger partial charge in [0.25, 0.3) is 0 Å². The molecule has 0 saturated carbocycles. The van der Waals surface area contributed by atoms with Crippen LogP contribution in [0, 0.1) is 6.07 Å². The minimum atomic E-state index is 0.425. The van der Waals surface area contributed by atoms with E-state index in [0.29, 0.717) is 5.92 Å². The van der Waals surface area contributed by atoms with Crippen LogP contribution >= 0.6 is 0 Å². The van der Waals surface area contributed by atoms with E-state index in [-0.39, 0.29) is 0 Å². The van der Waals surface area contributed by atoms with Crippen molar-refractivity contribution in [2.75, 3.05) is 0 Å². The number of rotatable bonds is 1. The van der Waals surface area contributed by atoms with Gasteiger partial charge in [-0.05, 0) is 5.92 Å². The fourth-order valence-electron chi connectivity index (χ4n) is 0.468. The first-order valence-electron chi connectivity index (χ1n) is 2.62. The first-order valence-corrected chi connectivity index (χ1v) is 2.62. The molecule has 0 N–H and O–H groups in total. The van der Waals surface area contributed by atoms with Gasteiger partial charge in [0.15, 0.2) is 0 Å². The van der Waals surface area contributed by atoms with Crippen molar-refractivity contribution in [3.05, 3.63) is 18.0 Å². The van der Waals surface area contributed by atoms with Crippen LogP contribution in [-0.4, -0.2) is 5.16 Å². The van der Waals surface area contributed by atoms with E-state index in [1.807, 2.05) is 13.8 Å². The van der Waals surface area contributed by atoms with Crippen molar-refractivity contribution in [2.24, 2.45) is 0 Å². The number of hydrogen-bond donors (Lipinski definition) is 0. The second kappa shape index (κ2) is 1.99. The molecule has 0 aliphatic rings. The van der Waals surface area contributed by atoms with E-state index in [2.05, 4.69) is 15.7 Å². The molecular weight excluding hydrogens is 102 g/mol. The molecule has 2 heteroatoms. The van der Waals surface area contributed by atoms with Gasteiger partial charge in [-0.2, -0.15) is 0 Å². The van der Waals surface area contributed by atoms with Crippen LogP contribution in [0.2, 0.25) is 0 Å². The maximum absolute atomic E-state index is 4.57. The van der Waals surface area contributed by atoms with Crippen molar-refractivity contribution in [1.29, 1.82) is 0 Å². The molecule has 0 saturated heterocycles. The molecule has 2 nitrogen and oxygen atoms in total. The second-order valence-electron chi connectivity index (χ2n) is 2.00. The average Bonchev–Trinajstić information content (AvgIpc) is 2.12. The molecule has 0 atom stereocenters. The van der Waals surface area contributed by atoms with Gasteiger partial charge >= 0.3 is 0 Å². The highest BCUT2D eigenvalue weighted by molar-refractivity contribution is 4.97. The summed E-state index contributed by atoms with van der Waals surface area (Å²) in [5, 5.41) is 3.69. The number of aromatic nitrogens is 1. The lowest BCUT2D eigenvalue weighted by molar-refractivity contribution is 0.408. The molecule has 0 unspecified atom stereocenters. The van der Waals surface area contributed by atoms with Gasteiger partial charge in [-0.25, -0.2) is 0 Å². The molecule has 0 aromatic carbocycles. The second-order valence-corrected chi connectivity index (χ2v) is 2.00. The minimum Gasteiger partial charge on any atom is -0.364 e. The molecule has 1 aromatic rings. The highest BCUT2D eigenvalue weighted by Crippen LogP contribution is 2.08. The Morgan fingerprint density at radius 1 is 1.75 bits per heavy atom. The lowest BCUT2D eigenvalue weighted by Crippen LogP contribution is -1.84. The predicted molar refractivity (Wildman–Crippen MR) is 29.4 cm³/mol. The zero-order valence-corrected chi connectivity index (χ0v) is 5.01. The molecule has 0 aliphatic heterocycles. The highest BCUT2D eigenvalue weighted by atomic mass is 16.5. The summed E-state index contributed by atoms with van der Waals surface area (Å²) >= 11 is 0. The largest absolute Gasteiger partial charge is 0.364 e. The van der Waals surface area contributed by atoms with Gasteiger partial charge in [0, 0.05) is 6.07 Å². The first-order chi connectivity index (χ1) is 3.80. The number of hydrogen-bond acceptors (Lipinski definition) is 2. The van der Waals surface area contributed by atoms with Gasteiger partial charge in [0.1, 0.15) is 6.26 Å². The van der Waals surface area contributed by atoms with E-state index < -0.39 is 0 Å². The molecule has 1 aromatic heterocycles. The highest BCUT2D eigenvalue weighted by Gasteiger charge is 1.99. The Morgan fingerprint density at radius 3 is 2.75 bits per heavy atom. The molecule has 0 aliphatic carbocycles. The van der Waals surface area contributed by atoms with Gasteiger partial charge in [-0.1, -0.05) is 19.0 Å². The van der Waals surface area contributed by atoms with E-state index in [9.17, 15) is 0 Å². The van der Waals surface area contributed by atoms with Crippen LogP contribution in [0.15, 0.2) is 10.8 Å². The molecule has 0 bridgehead atoms. The van der Waals surface area contributed by atoms with Crippen LogP contribution in [0.5, 0.6) is 0 Å². The lowest BCUT2D eigenvalue weighted by atomic mass is 10.1. The Balaban J connectivity index is 2.77. The fourth-order valence-corrected chi connectivity index (χ4v) is 0.468. The standard InChI is InChI=1S/C6H8NO/c1-5(2)6-3-4-8-7-6/h4-5H,1-2H3. The van der Waals surface area contributed by atoms with Crippen molar-refractivity contribution >= 4 is 0 Å². The maximum Gasteiger partial charge on any atom is 0.132 e. The van der Waals surface area contributed by atoms with Crippen LogP contribution in [0.4, 0.5) is 0 Å². The van der Waals surface area contributed by atoms with E-state index in [0.717, 1.165) is 5.69 Å². The molecule has 8 heavy (non-hydrogen) atoms. The van der Waals surface area contributed by atoms with E-state index in [1.165, 1.54) is 6.26 Å². The Bertz CT molecular complexity index is 144. The van der Waals surface area contributed by atoms with Crippen LogP contribution in [0.25, 0.3) is 0 Å². The summed E-state index contributed by atoms with van der Waals surface area (Å²) in [6, 6.07) is 2.86. The van der Waals surface area contributed by atoms with Gasteiger partial charge in [0.05, 0.1) is 5.69 Å². The molecule has 1 rings (SSSR count). The SMILES string of the molecule is CC(C)c1[c]con1. The summed E-state index contributed by atoms with van der Waals surface area (Å²) in [7, 11) is 0. The number of nitrogens with zero attached hydrogens (tertiary/aromatic N) is 1.